The first-order valence-electron chi connectivity index (χ1n) is 8.25. The summed E-state index contributed by atoms with van der Waals surface area (Å²) in [6.07, 6.45) is 2.30. The lowest BCUT2D eigenvalue weighted by molar-refractivity contribution is 0.197. The third-order valence-corrected chi connectivity index (χ3v) is 5.75. The van der Waals surface area contributed by atoms with Crippen LogP contribution in [0.25, 0.3) is 0 Å². The summed E-state index contributed by atoms with van der Waals surface area (Å²) >= 11 is 13.6. The molecule has 0 saturated heterocycles. The van der Waals surface area contributed by atoms with E-state index >= 15 is 0 Å². The zero-order chi connectivity index (χ0) is 18.5. The van der Waals surface area contributed by atoms with Gasteiger partial charge in [0.1, 0.15) is 5.02 Å². The largest absolute Gasteiger partial charge is 0.288 e. The molecule has 3 rings (SSSR count). The van der Waals surface area contributed by atoms with Crippen LogP contribution < -0.4 is 5.56 Å². The Bertz CT molecular complexity index is 924. The number of aryl methyl sites for hydroxylation is 1. The van der Waals surface area contributed by atoms with Crippen molar-refractivity contribution in [2.24, 2.45) is 0 Å². The van der Waals surface area contributed by atoms with Gasteiger partial charge in [0.15, 0.2) is 0 Å². The van der Waals surface area contributed by atoms with Gasteiger partial charge in [0.05, 0.1) is 17.9 Å². The number of thiophene rings is 1. The molecule has 3 aromatic rings. The smallest absolute Gasteiger partial charge is 0.279 e. The Hall–Kier alpha value is -1.66. The van der Waals surface area contributed by atoms with Gasteiger partial charge in [-0.3, -0.25) is 9.69 Å². The van der Waals surface area contributed by atoms with Crippen molar-refractivity contribution >= 4 is 34.5 Å². The topological polar surface area (TPSA) is 38.1 Å². The molecule has 0 aliphatic heterocycles. The molecule has 0 saturated carbocycles. The normalized spacial score (nSPS) is 11.2. The number of aromatic nitrogens is 2. The molecule has 0 atom stereocenters. The lowest BCUT2D eigenvalue weighted by Gasteiger charge is -2.22. The first kappa shape index (κ1) is 19.1. The van der Waals surface area contributed by atoms with Crippen molar-refractivity contribution in [3.05, 3.63) is 84.4 Å². The Kier molecular flexibility index (Phi) is 6.48. The highest BCUT2D eigenvalue weighted by molar-refractivity contribution is 7.11. The van der Waals surface area contributed by atoms with E-state index in [4.69, 9.17) is 23.2 Å². The van der Waals surface area contributed by atoms with Crippen molar-refractivity contribution in [2.45, 2.75) is 26.6 Å². The maximum atomic E-state index is 12.3. The van der Waals surface area contributed by atoms with E-state index in [0.29, 0.717) is 6.67 Å². The van der Waals surface area contributed by atoms with Crippen LogP contribution in [0.4, 0.5) is 0 Å². The number of benzene rings is 1. The standard InChI is InChI=1S/C19H19Cl2N3OS/c1-14-7-8-16(26-14)12-23(10-9-15-5-3-2-4-6-15)13-24-19(25)18(21)17(20)11-22-24/h2-8,11H,9-10,12-13H2,1H3. The average molecular weight is 408 g/mol. The Labute approximate surface area is 166 Å². The van der Waals surface area contributed by atoms with Gasteiger partial charge in [0, 0.05) is 22.8 Å². The first-order valence-corrected chi connectivity index (χ1v) is 9.83. The van der Waals surface area contributed by atoms with Gasteiger partial charge in [-0.25, -0.2) is 4.68 Å². The van der Waals surface area contributed by atoms with Gasteiger partial charge in [0.25, 0.3) is 5.56 Å². The monoisotopic (exact) mass is 407 g/mol. The van der Waals surface area contributed by atoms with Crippen LogP contribution in [-0.4, -0.2) is 21.2 Å². The number of rotatable bonds is 7. The third kappa shape index (κ3) is 4.95. The molecule has 0 bridgehead atoms. The summed E-state index contributed by atoms with van der Waals surface area (Å²) in [5.41, 5.74) is 0.889. The lowest BCUT2D eigenvalue weighted by atomic mass is 10.1. The summed E-state index contributed by atoms with van der Waals surface area (Å²) in [6, 6.07) is 14.5. The van der Waals surface area contributed by atoms with Gasteiger partial charge >= 0.3 is 0 Å². The fraction of sp³-hybridized carbons (Fsp3) is 0.263. The molecule has 2 heterocycles. The van der Waals surface area contributed by atoms with Crippen LogP contribution in [-0.2, 0) is 19.6 Å². The number of hydrogen-bond donors (Lipinski definition) is 0. The third-order valence-electron chi connectivity index (χ3n) is 4.01. The van der Waals surface area contributed by atoms with Crippen molar-refractivity contribution in [2.75, 3.05) is 6.54 Å². The highest BCUT2D eigenvalue weighted by Gasteiger charge is 2.13. The summed E-state index contributed by atoms with van der Waals surface area (Å²) in [5.74, 6) is 0. The molecule has 0 aliphatic carbocycles. The van der Waals surface area contributed by atoms with Crippen LogP contribution in [0, 0.1) is 6.92 Å². The fourth-order valence-corrected chi connectivity index (χ4v) is 3.86. The van der Waals surface area contributed by atoms with E-state index < -0.39 is 0 Å². The second-order valence-electron chi connectivity index (χ2n) is 6.05. The maximum Gasteiger partial charge on any atom is 0.288 e. The van der Waals surface area contributed by atoms with Crippen LogP contribution >= 0.6 is 34.5 Å². The molecule has 2 aromatic heterocycles. The Morgan fingerprint density at radius 1 is 1.15 bits per heavy atom. The minimum absolute atomic E-state index is 0.0108. The van der Waals surface area contributed by atoms with Gasteiger partial charge in [-0.2, -0.15) is 5.10 Å². The van der Waals surface area contributed by atoms with Gasteiger partial charge in [0.2, 0.25) is 0 Å². The Morgan fingerprint density at radius 2 is 1.92 bits per heavy atom. The quantitative estimate of drug-likeness (QED) is 0.573. The van der Waals surface area contributed by atoms with E-state index in [1.54, 1.807) is 11.3 Å². The molecule has 136 valence electrons. The van der Waals surface area contributed by atoms with E-state index in [0.717, 1.165) is 19.5 Å². The van der Waals surface area contributed by atoms with E-state index in [1.165, 1.54) is 26.2 Å². The van der Waals surface area contributed by atoms with Gasteiger partial charge in [-0.05, 0) is 31.0 Å². The first-order chi connectivity index (χ1) is 12.5. The fourth-order valence-electron chi connectivity index (χ4n) is 2.66. The molecule has 0 radical (unpaired) electrons. The van der Waals surface area contributed by atoms with E-state index in [2.05, 4.69) is 41.2 Å². The molecule has 1 aromatic carbocycles. The molecule has 7 heteroatoms. The molecule has 0 amide bonds. The minimum Gasteiger partial charge on any atom is -0.279 e. The molecule has 0 N–H and O–H groups in total. The number of nitrogens with zero attached hydrogens (tertiary/aromatic N) is 3. The Morgan fingerprint density at radius 3 is 2.62 bits per heavy atom. The summed E-state index contributed by atoms with van der Waals surface area (Å²) in [5, 5.41) is 4.32. The maximum absolute atomic E-state index is 12.3. The van der Waals surface area contributed by atoms with Crippen LogP contribution in [0.1, 0.15) is 15.3 Å². The van der Waals surface area contributed by atoms with E-state index in [-0.39, 0.29) is 15.6 Å². The number of halogens is 2. The molecule has 0 aliphatic rings. The summed E-state index contributed by atoms with van der Waals surface area (Å²) in [4.78, 5) is 17.0. The molecule has 26 heavy (non-hydrogen) atoms. The molecule has 0 unspecified atom stereocenters. The second-order valence-corrected chi connectivity index (χ2v) is 8.21. The van der Waals surface area contributed by atoms with Crippen molar-refractivity contribution < 1.29 is 0 Å². The van der Waals surface area contributed by atoms with Crippen LogP contribution in [0.5, 0.6) is 0 Å². The Balaban J connectivity index is 1.78. The minimum atomic E-state index is -0.369. The molecule has 0 spiro atoms. The van der Waals surface area contributed by atoms with Gasteiger partial charge in [-0.15, -0.1) is 11.3 Å². The SMILES string of the molecule is Cc1ccc(CN(CCc2ccccc2)Cn2ncc(Cl)c(Cl)c2=O)s1. The van der Waals surface area contributed by atoms with Gasteiger partial charge in [-0.1, -0.05) is 53.5 Å². The van der Waals surface area contributed by atoms with E-state index in [1.807, 2.05) is 18.2 Å². The predicted molar refractivity (Wildman–Crippen MR) is 108 cm³/mol. The van der Waals surface area contributed by atoms with Gasteiger partial charge < -0.3 is 0 Å². The summed E-state index contributed by atoms with van der Waals surface area (Å²) < 4.78 is 1.36. The summed E-state index contributed by atoms with van der Waals surface area (Å²) in [7, 11) is 0. The van der Waals surface area contributed by atoms with Crippen molar-refractivity contribution in [3.8, 4) is 0 Å². The zero-order valence-electron chi connectivity index (χ0n) is 14.4. The lowest BCUT2D eigenvalue weighted by Crippen LogP contribution is -2.34. The van der Waals surface area contributed by atoms with E-state index in [9.17, 15) is 4.79 Å². The summed E-state index contributed by atoms with van der Waals surface area (Å²) in [6.45, 7) is 4.00. The van der Waals surface area contributed by atoms with Crippen LogP contribution in [0.3, 0.4) is 0 Å². The predicted octanol–water partition coefficient (Wildman–Crippen LogP) is 4.62. The molecular weight excluding hydrogens is 389 g/mol. The zero-order valence-corrected chi connectivity index (χ0v) is 16.7. The molecular formula is C19H19Cl2N3OS. The van der Waals surface area contributed by atoms with Crippen molar-refractivity contribution in [1.29, 1.82) is 0 Å². The average Bonchev–Trinajstić information content (AvgIpc) is 3.05. The molecule has 4 nitrogen and oxygen atoms in total. The highest BCUT2D eigenvalue weighted by atomic mass is 35.5. The second kappa shape index (κ2) is 8.82. The van der Waals surface area contributed by atoms with Crippen LogP contribution in [0.2, 0.25) is 10.0 Å². The number of hydrogen-bond acceptors (Lipinski definition) is 4. The van der Waals surface area contributed by atoms with Crippen molar-refractivity contribution in [1.82, 2.24) is 14.7 Å². The van der Waals surface area contributed by atoms with Crippen LogP contribution in [0.15, 0.2) is 53.5 Å². The highest BCUT2D eigenvalue weighted by Crippen LogP contribution is 2.18. The van der Waals surface area contributed by atoms with Crippen molar-refractivity contribution in [3.63, 3.8) is 0 Å². The molecule has 0 fully saturated rings.